The molecule has 1 aromatic carbocycles. The highest BCUT2D eigenvalue weighted by molar-refractivity contribution is 5.44. The summed E-state index contributed by atoms with van der Waals surface area (Å²) in [6, 6.07) is 5.07. The first-order chi connectivity index (χ1) is 11.1. The Hall–Kier alpha value is -1.06. The van der Waals surface area contributed by atoms with Crippen LogP contribution >= 0.6 is 0 Å². The van der Waals surface area contributed by atoms with Gasteiger partial charge < -0.3 is 10.5 Å². The lowest BCUT2D eigenvalue weighted by atomic mass is 9.83. The van der Waals surface area contributed by atoms with Crippen molar-refractivity contribution in [3.8, 4) is 5.75 Å². The minimum Gasteiger partial charge on any atom is -0.494 e. The van der Waals surface area contributed by atoms with Crippen molar-refractivity contribution in [3.63, 3.8) is 0 Å². The molecular formula is C20H34N2O. The van der Waals surface area contributed by atoms with Gasteiger partial charge in [-0.3, -0.25) is 4.90 Å². The van der Waals surface area contributed by atoms with Crippen molar-refractivity contribution in [2.75, 3.05) is 26.2 Å². The largest absolute Gasteiger partial charge is 0.494 e. The Labute approximate surface area is 142 Å². The van der Waals surface area contributed by atoms with Gasteiger partial charge in [0.1, 0.15) is 5.75 Å². The van der Waals surface area contributed by atoms with Crippen LogP contribution in [0.1, 0.15) is 62.1 Å². The highest BCUT2D eigenvalue weighted by Crippen LogP contribution is 2.36. The van der Waals surface area contributed by atoms with Gasteiger partial charge in [-0.2, -0.15) is 0 Å². The molecule has 1 aromatic rings. The van der Waals surface area contributed by atoms with Gasteiger partial charge in [-0.25, -0.2) is 0 Å². The van der Waals surface area contributed by atoms with Crippen LogP contribution in [0.5, 0.6) is 5.75 Å². The molecule has 0 saturated carbocycles. The van der Waals surface area contributed by atoms with Crippen LogP contribution in [0, 0.1) is 13.8 Å². The molecule has 1 aliphatic heterocycles. The van der Waals surface area contributed by atoms with E-state index in [1.165, 1.54) is 55.5 Å². The second-order valence-electron chi connectivity index (χ2n) is 6.85. The standard InChI is InChI=1S/C20H34N2O/c1-5-10-22-11-8-7-9-19(22)18(14-21)17-12-15(3)16(4)13-20(17)23-6-2/h12-13,18-19H,5-11,14,21H2,1-4H3. The van der Waals surface area contributed by atoms with Gasteiger partial charge in [-0.05, 0) is 70.3 Å². The van der Waals surface area contributed by atoms with E-state index in [1.807, 2.05) is 0 Å². The normalized spacial score (nSPS) is 20.5. The van der Waals surface area contributed by atoms with Crippen molar-refractivity contribution in [2.45, 2.75) is 65.3 Å². The maximum atomic E-state index is 6.26. The third-order valence-corrected chi connectivity index (χ3v) is 5.22. The Morgan fingerprint density at radius 3 is 2.61 bits per heavy atom. The molecule has 0 spiro atoms. The first-order valence-electron chi connectivity index (χ1n) is 9.30. The van der Waals surface area contributed by atoms with E-state index in [-0.39, 0.29) is 0 Å². The summed E-state index contributed by atoms with van der Waals surface area (Å²) in [5, 5.41) is 0. The number of benzene rings is 1. The average molecular weight is 319 g/mol. The Kier molecular flexibility index (Phi) is 6.91. The molecule has 1 heterocycles. The fourth-order valence-corrected chi connectivity index (χ4v) is 3.91. The Bertz CT molecular complexity index is 499. The maximum Gasteiger partial charge on any atom is 0.123 e. The number of nitrogens with two attached hydrogens (primary N) is 1. The van der Waals surface area contributed by atoms with Gasteiger partial charge in [0.2, 0.25) is 0 Å². The van der Waals surface area contributed by atoms with Crippen LogP contribution in [0.4, 0.5) is 0 Å². The smallest absolute Gasteiger partial charge is 0.123 e. The number of hydrogen-bond donors (Lipinski definition) is 1. The van der Waals surface area contributed by atoms with Gasteiger partial charge in [0.25, 0.3) is 0 Å². The molecule has 0 aliphatic carbocycles. The molecule has 130 valence electrons. The zero-order valence-corrected chi connectivity index (χ0v) is 15.4. The van der Waals surface area contributed by atoms with E-state index in [0.717, 1.165) is 5.75 Å². The fourth-order valence-electron chi connectivity index (χ4n) is 3.91. The van der Waals surface area contributed by atoms with Crippen LogP contribution in [0.2, 0.25) is 0 Å². The number of likely N-dealkylation sites (tertiary alicyclic amines) is 1. The van der Waals surface area contributed by atoms with Crippen LogP contribution < -0.4 is 10.5 Å². The van der Waals surface area contributed by atoms with Crippen LogP contribution in [0.15, 0.2) is 12.1 Å². The number of nitrogens with zero attached hydrogens (tertiary/aromatic N) is 1. The lowest BCUT2D eigenvalue weighted by Crippen LogP contribution is -2.45. The lowest BCUT2D eigenvalue weighted by molar-refractivity contribution is 0.125. The predicted molar refractivity (Wildman–Crippen MR) is 98.4 cm³/mol. The molecule has 2 unspecified atom stereocenters. The van der Waals surface area contributed by atoms with Crippen LogP contribution in [0.3, 0.4) is 0 Å². The van der Waals surface area contributed by atoms with Crippen molar-refractivity contribution < 1.29 is 4.74 Å². The van der Waals surface area contributed by atoms with Gasteiger partial charge in [-0.15, -0.1) is 0 Å². The zero-order valence-electron chi connectivity index (χ0n) is 15.4. The molecule has 2 atom stereocenters. The van der Waals surface area contributed by atoms with Crippen LogP contribution in [-0.2, 0) is 0 Å². The molecule has 0 radical (unpaired) electrons. The molecule has 0 amide bonds. The monoisotopic (exact) mass is 318 g/mol. The molecule has 1 saturated heterocycles. The number of ether oxygens (including phenoxy) is 1. The summed E-state index contributed by atoms with van der Waals surface area (Å²) in [6.07, 6.45) is 5.09. The molecule has 0 bridgehead atoms. The SMILES string of the molecule is CCCN1CCCCC1C(CN)c1cc(C)c(C)cc1OCC. The summed E-state index contributed by atoms with van der Waals surface area (Å²) < 4.78 is 5.97. The second-order valence-corrected chi connectivity index (χ2v) is 6.85. The van der Waals surface area contributed by atoms with E-state index in [9.17, 15) is 0 Å². The first-order valence-corrected chi connectivity index (χ1v) is 9.30. The Morgan fingerprint density at radius 1 is 1.22 bits per heavy atom. The highest BCUT2D eigenvalue weighted by atomic mass is 16.5. The van der Waals surface area contributed by atoms with Crippen molar-refractivity contribution in [2.24, 2.45) is 5.73 Å². The van der Waals surface area contributed by atoms with E-state index in [2.05, 4.69) is 44.7 Å². The van der Waals surface area contributed by atoms with Crippen molar-refractivity contribution >= 4 is 0 Å². The molecule has 0 aromatic heterocycles. The molecule has 3 nitrogen and oxygen atoms in total. The number of piperidine rings is 1. The summed E-state index contributed by atoms with van der Waals surface area (Å²) in [7, 11) is 0. The summed E-state index contributed by atoms with van der Waals surface area (Å²) >= 11 is 0. The molecular weight excluding hydrogens is 284 g/mol. The first kappa shape index (κ1) is 18.3. The maximum absolute atomic E-state index is 6.26. The third kappa shape index (κ3) is 4.27. The second kappa shape index (κ2) is 8.70. The number of hydrogen-bond acceptors (Lipinski definition) is 3. The molecule has 2 N–H and O–H groups in total. The predicted octanol–water partition coefficient (Wildman–Crippen LogP) is 4.01. The van der Waals surface area contributed by atoms with Gasteiger partial charge >= 0.3 is 0 Å². The molecule has 1 aliphatic rings. The van der Waals surface area contributed by atoms with E-state index in [1.54, 1.807) is 0 Å². The van der Waals surface area contributed by atoms with Gasteiger partial charge in [0, 0.05) is 24.1 Å². The molecule has 3 heteroatoms. The highest BCUT2D eigenvalue weighted by Gasteiger charge is 2.31. The quantitative estimate of drug-likeness (QED) is 0.825. The minimum atomic E-state index is 0.364. The van der Waals surface area contributed by atoms with E-state index in [0.29, 0.717) is 25.1 Å². The van der Waals surface area contributed by atoms with E-state index >= 15 is 0 Å². The Balaban J connectivity index is 2.36. The van der Waals surface area contributed by atoms with E-state index in [4.69, 9.17) is 10.5 Å². The zero-order chi connectivity index (χ0) is 16.8. The van der Waals surface area contributed by atoms with Gasteiger partial charge in [0.05, 0.1) is 6.61 Å². The Morgan fingerprint density at radius 2 is 1.96 bits per heavy atom. The minimum absolute atomic E-state index is 0.364. The fraction of sp³-hybridized carbons (Fsp3) is 0.700. The molecule has 23 heavy (non-hydrogen) atoms. The number of aryl methyl sites for hydroxylation is 2. The van der Waals surface area contributed by atoms with Crippen LogP contribution in [-0.4, -0.2) is 37.2 Å². The topological polar surface area (TPSA) is 38.5 Å². The van der Waals surface area contributed by atoms with Gasteiger partial charge in [-0.1, -0.05) is 19.4 Å². The average Bonchev–Trinajstić information content (AvgIpc) is 2.54. The molecule has 1 fully saturated rings. The summed E-state index contributed by atoms with van der Waals surface area (Å²) in [4.78, 5) is 2.66. The number of rotatable bonds is 7. The van der Waals surface area contributed by atoms with Gasteiger partial charge in [0.15, 0.2) is 0 Å². The van der Waals surface area contributed by atoms with Crippen molar-refractivity contribution in [3.05, 3.63) is 28.8 Å². The lowest BCUT2D eigenvalue weighted by Gasteiger charge is -2.40. The van der Waals surface area contributed by atoms with Crippen LogP contribution in [0.25, 0.3) is 0 Å². The summed E-state index contributed by atoms with van der Waals surface area (Å²) in [6.45, 7) is 12.4. The van der Waals surface area contributed by atoms with Crippen molar-refractivity contribution in [1.82, 2.24) is 4.90 Å². The third-order valence-electron chi connectivity index (χ3n) is 5.22. The summed E-state index contributed by atoms with van der Waals surface area (Å²) in [5.74, 6) is 1.40. The summed E-state index contributed by atoms with van der Waals surface area (Å²) in [5.41, 5.74) is 10.2. The van der Waals surface area contributed by atoms with E-state index < -0.39 is 0 Å². The van der Waals surface area contributed by atoms with Crippen molar-refractivity contribution in [1.29, 1.82) is 0 Å². The molecule has 2 rings (SSSR count).